The van der Waals surface area contributed by atoms with Crippen LogP contribution in [-0.2, 0) is 43.6 Å². The van der Waals surface area contributed by atoms with Crippen molar-refractivity contribution < 1.29 is 45.7 Å². The van der Waals surface area contributed by atoms with Gasteiger partial charge < -0.3 is 19.1 Å². The van der Waals surface area contributed by atoms with Gasteiger partial charge in [0.15, 0.2) is 11.6 Å². The number of alkyl halides is 3. The zero-order valence-electron chi connectivity index (χ0n) is 22.9. The maximum absolute atomic E-state index is 15.3. The number of carbonyl (C=O) groups is 1. The number of ether oxygens (including phenoxy) is 2. The lowest BCUT2D eigenvalue weighted by Gasteiger charge is -2.31. The highest BCUT2D eigenvalue weighted by Gasteiger charge is 2.36. The molecule has 2 aliphatic rings. The molecule has 44 heavy (non-hydrogen) atoms. The highest BCUT2D eigenvalue weighted by molar-refractivity contribution is 6.30. The Hall–Kier alpha value is -3.81. The van der Waals surface area contributed by atoms with Gasteiger partial charge in [-0.25, -0.2) is 22.9 Å². The van der Waals surface area contributed by atoms with Crippen molar-refractivity contribution in [3.63, 3.8) is 0 Å². The Kier molecular flexibility index (Phi) is 7.97. The Bertz CT molecular complexity index is 1770. The molecular formula is C30H24ClF6N3O4. The van der Waals surface area contributed by atoms with Crippen LogP contribution in [0.25, 0.3) is 11.0 Å². The van der Waals surface area contributed by atoms with Gasteiger partial charge in [0.1, 0.15) is 40.6 Å². The first-order valence-electron chi connectivity index (χ1n) is 13.6. The Balaban J connectivity index is 1.31. The van der Waals surface area contributed by atoms with Crippen LogP contribution in [0.2, 0.25) is 5.02 Å². The van der Waals surface area contributed by atoms with Crippen LogP contribution in [0.5, 0.6) is 5.75 Å². The smallest absolute Gasteiger partial charge is 0.419 e. The van der Waals surface area contributed by atoms with E-state index in [0.717, 1.165) is 12.1 Å². The molecule has 0 unspecified atom stereocenters. The molecule has 6 rings (SSSR count). The topological polar surface area (TPSA) is 76.8 Å². The Morgan fingerprint density at radius 2 is 1.89 bits per heavy atom. The zero-order valence-corrected chi connectivity index (χ0v) is 23.6. The lowest BCUT2D eigenvalue weighted by Crippen LogP contribution is -2.34. The summed E-state index contributed by atoms with van der Waals surface area (Å²) in [5.41, 5.74) is -1.40. The first kappa shape index (κ1) is 30.2. The Morgan fingerprint density at radius 3 is 2.55 bits per heavy atom. The fourth-order valence-electron chi connectivity index (χ4n) is 5.49. The third kappa shape index (κ3) is 5.83. The van der Waals surface area contributed by atoms with Crippen molar-refractivity contribution in [2.75, 3.05) is 13.2 Å². The summed E-state index contributed by atoms with van der Waals surface area (Å²) in [6.07, 6.45) is -4.11. The summed E-state index contributed by atoms with van der Waals surface area (Å²) in [7, 11) is 0. The van der Waals surface area contributed by atoms with Crippen molar-refractivity contribution in [1.29, 1.82) is 0 Å². The van der Waals surface area contributed by atoms with Crippen molar-refractivity contribution in [1.82, 2.24) is 14.5 Å². The third-order valence-electron chi connectivity index (χ3n) is 7.86. The average Bonchev–Trinajstić information content (AvgIpc) is 3.29. The molecule has 7 nitrogen and oxygen atoms in total. The summed E-state index contributed by atoms with van der Waals surface area (Å²) in [6.45, 7) is 0.695. The number of carboxylic acids is 1. The largest absolute Gasteiger partial charge is 0.488 e. The maximum atomic E-state index is 15.3. The van der Waals surface area contributed by atoms with Crippen molar-refractivity contribution >= 4 is 28.6 Å². The van der Waals surface area contributed by atoms with Crippen LogP contribution in [0, 0.1) is 17.5 Å². The second-order valence-electron chi connectivity index (χ2n) is 10.7. The number of hydrogen-bond acceptors (Lipinski definition) is 5. The number of aromatic carboxylic acids is 1. The van der Waals surface area contributed by atoms with Gasteiger partial charge in [-0.05, 0) is 54.3 Å². The van der Waals surface area contributed by atoms with Crippen LogP contribution in [0.4, 0.5) is 26.3 Å². The average molecular weight is 640 g/mol. The number of nitrogens with zero attached hydrogens (tertiary/aromatic N) is 3. The minimum atomic E-state index is -4.72. The lowest BCUT2D eigenvalue weighted by atomic mass is 9.96. The van der Waals surface area contributed by atoms with Gasteiger partial charge in [-0.15, -0.1) is 0 Å². The van der Waals surface area contributed by atoms with Crippen molar-refractivity contribution in [3.8, 4) is 5.75 Å². The summed E-state index contributed by atoms with van der Waals surface area (Å²) >= 11 is 5.77. The molecule has 3 aromatic carbocycles. The molecule has 1 atom stereocenters. The normalized spacial score (nSPS) is 17.0. The van der Waals surface area contributed by atoms with E-state index < -0.39 is 53.1 Å². The molecular weight excluding hydrogens is 616 g/mol. The molecule has 0 radical (unpaired) electrons. The molecule has 0 bridgehead atoms. The van der Waals surface area contributed by atoms with Crippen LogP contribution in [-0.4, -0.2) is 44.8 Å². The van der Waals surface area contributed by atoms with Gasteiger partial charge in [0, 0.05) is 30.3 Å². The van der Waals surface area contributed by atoms with Crippen molar-refractivity contribution in [3.05, 3.63) is 92.5 Å². The molecule has 1 aromatic heterocycles. The number of aromatic nitrogens is 2. The summed E-state index contributed by atoms with van der Waals surface area (Å²) in [6, 6.07) is 6.68. The highest BCUT2D eigenvalue weighted by atomic mass is 35.5. The van der Waals surface area contributed by atoms with E-state index in [4.69, 9.17) is 21.1 Å². The standard InChI is InChI=1S/C30H24ClF6N3O4/c31-18-2-1-16(22(32)9-18)14-44-24-8-17-11-39(5-3-15(17)7-21(24)30(35,36)37)13-25-38-27-23(33)10-20(29(41)42)26(34)28(27)40(25)12-19-4-6-43-19/h1-2,7-10,19H,3-6,11-14H2,(H,41,42)/t19-/m0/s1. The zero-order chi connectivity index (χ0) is 31.3. The fourth-order valence-corrected chi connectivity index (χ4v) is 5.65. The highest BCUT2D eigenvalue weighted by Crippen LogP contribution is 2.40. The van der Waals surface area contributed by atoms with Gasteiger partial charge in [0.05, 0.1) is 24.8 Å². The maximum Gasteiger partial charge on any atom is 0.419 e. The number of hydrogen-bond donors (Lipinski definition) is 1. The summed E-state index contributed by atoms with van der Waals surface area (Å²) < 4.78 is 98.8. The molecule has 0 aliphatic carbocycles. The number of halogens is 7. The van der Waals surface area contributed by atoms with E-state index in [1.165, 1.54) is 22.8 Å². The van der Waals surface area contributed by atoms with E-state index in [0.29, 0.717) is 36.8 Å². The van der Waals surface area contributed by atoms with E-state index in [1.807, 2.05) is 4.90 Å². The van der Waals surface area contributed by atoms with Gasteiger partial charge in [0.2, 0.25) is 0 Å². The van der Waals surface area contributed by atoms with Crippen molar-refractivity contribution in [2.45, 2.75) is 51.4 Å². The van der Waals surface area contributed by atoms with Crippen molar-refractivity contribution in [2.24, 2.45) is 0 Å². The Morgan fingerprint density at radius 1 is 1.11 bits per heavy atom. The quantitative estimate of drug-likeness (QED) is 0.215. The molecule has 14 heteroatoms. The van der Waals surface area contributed by atoms with E-state index in [1.54, 1.807) is 0 Å². The number of imidazole rings is 1. The predicted octanol–water partition coefficient (Wildman–Crippen LogP) is 6.75. The first-order valence-corrected chi connectivity index (χ1v) is 14.0. The number of carboxylic acid groups (broad SMARTS) is 1. The molecule has 2 aliphatic heterocycles. The van der Waals surface area contributed by atoms with Gasteiger partial charge >= 0.3 is 12.1 Å². The number of rotatable bonds is 8. The van der Waals surface area contributed by atoms with E-state index in [2.05, 4.69) is 4.98 Å². The lowest BCUT2D eigenvalue weighted by molar-refractivity contribution is -0.139. The first-order chi connectivity index (χ1) is 20.9. The summed E-state index contributed by atoms with van der Waals surface area (Å²) in [5.74, 6) is -4.66. The molecule has 0 saturated carbocycles. The third-order valence-corrected chi connectivity index (χ3v) is 8.10. The minimum absolute atomic E-state index is 0.0294. The number of benzene rings is 3. The molecule has 0 amide bonds. The van der Waals surface area contributed by atoms with Crippen LogP contribution in [0.3, 0.4) is 0 Å². The second-order valence-corrected chi connectivity index (χ2v) is 11.2. The monoisotopic (exact) mass is 639 g/mol. The number of fused-ring (bicyclic) bond motifs is 2. The Labute approximate surface area is 251 Å². The fraction of sp³-hybridized carbons (Fsp3) is 0.333. The van der Waals surface area contributed by atoms with E-state index >= 15 is 4.39 Å². The van der Waals surface area contributed by atoms with Crippen LogP contribution in [0.15, 0.2) is 36.4 Å². The van der Waals surface area contributed by atoms with Crippen LogP contribution in [0.1, 0.15) is 44.9 Å². The van der Waals surface area contributed by atoms with Gasteiger partial charge in [-0.3, -0.25) is 4.90 Å². The molecule has 1 N–H and O–H groups in total. The minimum Gasteiger partial charge on any atom is -0.488 e. The van der Waals surface area contributed by atoms with Crippen LogP contribution >= 0.6 is 11.6 Å². The summed E-state index contributed by atoms with van der Waals surface area (Å²) in [4.78, 5) is 17.7. The van der Waals surface area contributed by atoms with Gasteiger partial charge in [-0.2, -0.15) is 13.2 Å². The second kappa shape index (κ2) is 11.6. The molecule has 3 heterocycles. The van der Waals surface area contributed by atoms with E-state index in [-0.39, 0.29) is 59.6 Å². The molecule has 1 saturated heterocycles. The van der Waals surface area contributed by atoms with Gasteiger partial charge in [-0.1, -0.05) is 17.7 Å². The predicted molar refractivity (Wildman–Crippen MR) is 146 cm³/mol. The summed E-state index contributed by atoms with van der Waals surface area (Å²) in [5, 5.41) is 9.52. The molecule has 4 aromatic rings. The van der Waals surface area contributed by atoms with E-state index in [9.17, 15) is 31.9 Å². The van der Waals surface area contributed by atoms with Gasteiger partial charge in [0.25, 0.3) is 0 Å². The van der Waals surface area contributed by atoms with Crippen LogP contribution < -0.4 is 4.74 Å². The SMILES string of the molecule is O=C(O)c1cc(F)c2nc(CN3CCc4cc(C(F)(F)F)c(OCc5ccc(Cl)cc5F)cc4C3)n(C[C@@H]3CCO3)c2c1F. The molecule has 0 spiro atoms. The molecule has 1 fully saturated rings. The molecule has 232 valence electrons.